The maximum Gasteiger partial charge on any atom is 0.286 e. The Labute approximate surface area is 185 Å². The van der Waals surface area contributed by atoms with Crippen molar-refractivity contribution < 1.29 is 13.8 Å². The predicted molar refractivity (Wildman–Crippen MR) is 122 cm³/mol. The summed E-state index contributed by atoms with van der Waals surface area (Å²) in [5.41, 5.74) is 2.05. The Balaban J connectivity index is 1.83. The van der Waals surface area contributed by atoms with E-state index in [1.165, 1.54) is 25.6 Å². The van der Waals surface area contributed by atoms with Crippen LogP contribution in [0.4, 0.5) is 5.69 Å². The average molecular weight is 452 g/mol. The summed E-state index contributed by atoms with van der Waals surface area (Å²) >= 11 is 5.86. The Morgan fingerprint density at radius 1 is 1.00 bits per heavy atom. The zero-order valence-electron chi connectivity index (χ0n) is 16.8. The fourth-order valence-corrected chi connectivity index (χ4v) is 3.85. The molecule has 156 valence electrons. The molecule has 8 heteroatoms. The first-order chi connectivity index (χ1) is 14.7. The third-order valence-electron chi connectivity index (χ3n) is 4.05. The molecule has 0 aliphatic heterocycles. The number of anilines is 1. The van der Waals surface area contributed by atoms with Crippen LogP contribution in [0.3, 0.4) is 0 Å². The average Bonchev–Trinajstić information content (AvgIpc) is 2.73. The lowest BCUT2D eigenvalue weighted by Gasteiger charge is -2.06. The normalized spacial score (nSPS) is 12.1. The third-order valence-corrected chi connectivity index (χ3v) is 5.96. The van der Waals surface area contributed by atoms with Crippen LogP contribution in [0.5, 0.6) is 0 Å². The van der Waals surface area contributed by atoms with Crippen molar-refractivity contribution in [2.45, 2.75) is 11.8 Å². The number of nitrogens with one attached hydrogen (secondary N) is 1. The Kier molecular flexibility index (Phi) is 6.85. The van der Waals surface area contributed by atoms with Crippen LogP contribution in [0.25, 0.3) is 0 Å². The first-order valence-corrected chi connectivity index (χ1v) is 11.4. The number of amides is 2. The summed E-state index contributed by atoms with van der Waals surface area (Å²) in [4.78, 5) is 28.1. The quantitative estimate of drug-likeness (QED) is 0.598. The summed E-state index contributed by atoms with van der Waals surface area (Å²) in [6, 6.07) is 15.0. The van der Waals surface area contributed by atoms with Gasteiger partial charge in [0, 0.05) is 52.3 Å². The molecule has 0 saturated heterocycles. The zero-order valence-corrected chi connectivity index (χ0v) is 18.3. The summed E-state index contributed by atoms with van der Waals surface area (Å²) in [7, 11) is -2.99. The van der Waals surface area contributed by atoms with Gasteiger partial charge in [0.2, 0.25) is 5.91 Å². The summed E-state index contributed by atoms with van der Waals surface area (Å²) in [6.45, 7) is 1.40. The number of carbonyl (C=O) groups is 2. The van der Waals surface area contributed by atoms with E-state index in [1.807, 2.05) is 0 Å². The van der Waals surface area contributed by atoms with E-state index in [0.29, 0.717) is 21.2 Å². The highest BCUT2D eigenvalue weighted by Gasteiger charge is 2.12. The van der Waals surface area contributed by atoms with Crippen molar-refractivity contribution in [2.75, 3.05) is 11.6 Å². The molecular formula is C23H18ClN3O3S. The largest absolute Gasteiger partial charge is 0.326 e. The molecule has 3 rings (SSSR count). The lowest BCUT2D eigenvalue weighted by Crippen LogP contribution is -2.07. The second kappa shape index (κ2) is 9.56. The number of benzene rings is 2. The Morgan fingerprint density at radius 2 is 1.65 bits per heavy atom. The second-order valence-corrected chi connectivity index (χ2v) is 9.32. The van der Waals surface area contributed by atoms with Crippen LogP contribution in [0, 0.1) is 11.8 Å². The van der Waals surface area contributed by atoms with Crippen LogP contribution >= 0.6 is 11.6 Å². The van der Waals surface area contributed by atoms with Crippen LogP contribution in [0.2, 0.25) is 5.02 Å². The number of halogens is 1. The summed E-state index contributed by atoms with van der Waals surface area (Å²) in [5.74, 6) is 5.04. The molecule has 0 saturated carbocycles. The van der Waals surface area contributed by atoms with Crippen molar-refractivity contribution in [3.8, 4) is 11.8 Å². The van der Waals surface area contributed by atoms with Gasteiger partial charge in [-0.25, -0.2) is 4.21 Å². The van der Waals surface area contributed by atoms with Crippen molar-refractivity contribution in [3.05, 3.63) is 88.7 Å². The molecule has 1 N–H and O–H groups in total. The van der Waals surface area contributed by atoms with E-state index in [1.54, 1.807) is 54.6 Å². The molecule has 31 heavy (non-hydrogen) atoms. The Morgan fingerprint density at radius 3 is 2.29 bits per heavy atom. The highest BCUT2D eigenvalue weighted by atomic mass is 35.5. The van der Waals surface area contributed by atoms with E-state index in [-0.39, 0.29) is 11.5 Å². The van der Waals surface area contributed by atoms with Gasteiger partial charge in [0.15, 0.2) is 0 Å². The minimum absolute atomic E-state index is 0.187. The lowest BCUT2D eigenvalue weighted by molar-refractivity contribution is -0.114. The highest BCUT2D eigenvalue weighted by molar-refractivity contribution is 7.93. The molecule has 0 fully saturated rings. The smallest absolute Gasteiger partial charge is 0.286 e. The fourth-order valence-electron chi connectivity index (χ4n) is 2.56. The van der Waals surface area contributed by atoms with Crippen LogP contribution in [0.15, 0.2) is 76.2 Å². The molecule has 0 bridgehead atoms. The number of pyridine rings is 1. The SMILES string of the molecule is CC(=O)Nc1ccc(S(C)(=O)=NC(=O)c2cncc(C#Cc3ccc(Cl)cc3)c2)cc1. The van der Waals surface area contributed by atoms with E-state index < -0.39 is 15.6 Å². The third kappa shape index (κ3) is 6.25. The molecule has 1 aromatic heterocycles. The molecule has 0 aliphatic rings. The molecule has 2 aromatic carbocycles. The van der Waals surface area contributed by atoms with Crippen molar-refractivity contribution in [1.82, 2.24) is 4.98 Å². The van der Waals surface area contributed by atoms with Gasteiger partial charge in [-0.2, -0.15) is 4.36 Å². The van der Waals surface area contributed by atoms with Gasteiger partial charge in [-0.3, -0.25) is 14.6 Å². The number of aromatic nitrogens is 1. The minimum Gasteiger partial charge on any atom is -0.326 e. The Hall–Kier alpha value is -3.47. The first-order valence-electron chi connectivity index (χ1n) is 9.10. The van der Waals surface area contributed by atoms with E-state index in [9.17, 15) is 13.8 Å². The molecule has 2 amide bonds. The van der Waals surface area contributed by atoms with E-state index in [0.717, 1.165) is 5.56 Å². The summed E-state index contributed by atoms with van der Waals surface area (Å²) in [5, 5.41) is 3.25. The van der Waals surface area contributed by atoms with Crippen molar-refractivity contribution in [3.63, 3.8) is 0 Å². The van der Waals surface area contributed by atoms with Crippen LogP contribution < -0.4 is 5.32 Å². The molecule has 0 aliphatic carbocycles. The molecule has 6 nitrogen and oxygen atoms in total. The van der Waals surface area contributed by atoms with Crippen molar-refractivity contribution >= 4 is 38.8 Å². The molecule has 1 atom stereocenters. The molecule has 0 radical (unpaired) electrons. The van der Waals surface area contributed by atoms with E-state index in [4.69, 9.17) is 11.6 Å². The predicted octanol–water partition coefficient (Wildman–Crippen LogP) is 4.39. The molecule has 0 spiro atoms. The maximum absolute atomic E-state index is 13.0. The van der Waals surface area contributed by atoms with E-state index >= 15 is 0 Å². The van der Waals surface area contributed by atoms with Gasteiger partial charge in [0.1, 0.15) is 0 Å². The monoisotopic (exact) mass is 451 g/mol. The number of carbonyl (C=O) groups excluding carboxylic acids is 2. The summed E-state index contributed by atoms with van der Waals surface area (Å²) < 4.78 is 16.9. The summed E-state index contributed by atoms with van der Waals surface area (Å²) in [6.07, 6.45) is 4.27. The number of nitrogens with zero attached hydrogens (tertiary/aromatic N) is 2. The lowest BCUT2D eigenvalue weighted by atomic mass is 10.2. The van der Waals surface area contributed by atoms with Crippen LogP contribution in [-0.4, -0.2) is 27.3 Å². The highest BCUT2D eigenvalue weighted by Crippen LogP contribution is 2.17. The van der Waals surface area contributed by atoms with Crippen LogP contribution in [0.1, 0.15) is 28.4 Å². The standard InChI is InChI=1S/C23H18ClN3O3S/c1-16(28)26-21-9-11-22(12-10-21)31(2,30)27-23(29)19-13-18(14-25-15-19)4-3-17-5-7-20(24)8-6-17/h5-15H,1-2H3,(H,26,28). The second-order valence-electron chi connectivity index (χ2n) is 6.62. The number of hydrogen-bond donors (Lipinski definition) is 1. The molecule has 1 heterocycles. The maximum atomic E-state index is 13.0. The number of rotatable bonds is 3. The van der Waals surface area contributed by atoms with Gasteiger partial charge in [0.05, 0.1) is 15.3 Å². The van der Waals surface area contributed by atoms with Crippen molar-refractivity contribution in [2.24, 2.45) is 4.36 Å². The Bertz CT molecular complexity index is 1310. The van der Waals surface area contributed by atoms with E-state index in [2.05, 4.69) is 26.5 Å². The fraction of sp³-hybridized carbons (Fsp3) is 0.0870. The van der Waals surface area contributed by atoms with Crippen molar-refractivity contribution in [1.29, 1.82) is 0 Å². The van der Waals surface area contributed by atoms with Gasteiger partial charge >= 0.3 is 0 Å². The van der Waals surface area contributed by atoms with Gasteiger partial charge in [-0.1, -0.05) is 23.4 Å². The van der Waals surface area contributed by atoms with Gasteiger partial charge < -0.3 is 5.32 Å². The molecule has 1 unspecified atom stereocenters. The molecule has 3 aromatic rings. The minimum atomic E-state index is -2.99. The van der Waals surface area contributed by atoms with Gasteiger partial charge in [-0.05, 0) is 54.6 Å². The first kappa shape index (κ1) is 22.2. The molecular weight excluding hydrogens is 434 g/mol. The van der Waals surface area contributed by atoms with Gasteiger partial charge in [-0.15, -0.1) is 0 Å². The van der Waals surface area contributed by atoms with Crippen LogP contribution in [-0.2, 0) is 14.5 Å². The van der Waals surface area contributed by atoms with Gasteiger partial charge in [0.25, 0.3) is 5.91 Å². The topological polar surface area (TPSA) is 88.5 Å². The number of hydrogen-bond acceptors (Lipinski definition) is 4. The zero-order chi connectivity index (χ0) is 22.4.